The van der Waals surface area contributed by atoms with Crippen molar-refractivity contribution < 1.29 is 28.7 Å². The third-order valence-electron chi connectivity index (χ3n) is 5.35. The lowest BCUT2D eigenvalue weighted by Gasteiger charge is -2.21. The second kappa shape index (κ2) is 11.7. The zero-order valence-electron chi connectivity index (χ0n) is 19.0. The summed E-state index contributed by atoms with van der Waals surface area (Å²) in [6.07, 6.45) is 0.0402. The van der Waals surface area contributed by atoms with Crippen molar-refractivity contribution in [1.82, 2.24) is 10.6 Å². The van der Waals surface area contributed by atoms with Crippen LogP contribution in [0, 0.1) is 5.82 Å². The molecular weight excluding hydrogens is 451 g/mol. The van der Waals surface area contributed by atoms with Gasteiger partial charge in [0.05, 0.1) is 0 Å². The molecule has 0 saturated heterocycles. The van der Waals surface area contributed by atoms with Gasteiger partial charge in [0.2, 0.25) is 11.8 Å². The second-order valence-electron chi connectivity index (χ2n) is 8.08. The fraction of sp³-hybridized carbons (Fsp3) is 0.185. The molecule has 0 heterocycles. The number of halogens is 1. The summed E-state index contributed by atoms with van der Waals surface area (Å²) in [6.45, 7) is 1.25. The summed E-state index contributed by atoms with van der Waals surface area (Å²) in [4.78, 5) is 48.9. The fourth-order valence-electron chi connectivity index (χ4n) is 3.57. The lowest BCUT2D eigenvalue weighted by atomic mass is 9.99. The first kappa shape index (κ1) is 25.3. The Labute approximate surface area is 202 Å². The average Bonchev–Trinajstić information content (AvgIpc) is 2.84. The number of carboxylic acid groups (broad SMARTS) is 1. The molecular formula is C27H25FN2O5. The van der Waals surface area contributed by atoms with Gasteiger partial charge in [0.15, 0.2) is 5.78 Å². The van der Waals surface area contributed by atoms with Crippen molar-refractivity contribution in [2.45, 2.75) is 31.8 Å². The number of carbonyl (C=O) groups excluding carboxylic acids is 3. The molecule has 3 aromatic rings. The molecule has 2 amide bonds. The molecule has 3 rings (SSSR count). The molecule has 3 aromatic carbocycles. The van der Waals surface area contributed by atoms with E-state index in [-0.39, 0.29) is 18.6 Å². The molecule has 35 heavy (non-hydrogen) atoms. The van der Waals surface area contributed by atoms with Crippen LogP contribution in [0.15, 0.2) is 78.9 Å². The highest BCUT2D eigenvalue weighted by Crippen LogP contribution is 2.13. The monoisotopic (exact) mass is 476 g/mol. The predicted molar refractivity (Wildman–Crippen MR) is 127 cm³/mol. The molecule has 2 atom stereocenters. The van der Waals surface area contributed by atoms with Crippen LogP contribution in [-0.4, -0.2) is 40.8 Å². The Hall–Kier alpha value is -4.33. The number of carbonyl (C=O) groups is 4. The molecule has 0 fully saturated rings. The van der Waals surface area contributed by atoms with E-state index >= 15 is 0 Å². The third-order valence-corrected chi connectivity index (χ3v) is 5.35. The highest BCUT2D eigenvalue weighted by atomic mass is 19.1. The molecule has 0 spiro atoms. The Morgan fingerprint density at radius 2 is 1.26 bits per heavy atom. The van der Waals surface area contributed by atoms with E-state index in [0.29, 0.717) is 22.3 Å². The largest absolute Gasteiger partial charge is 0.480 e. The number of carboxylic acids is 1. The smallest absolute Gasteiger partial charge is 0.326 e. The van der Waals surface area contributed by atoms with Gasteiger partial charge in [-0.3, -0.25) is 14.4 Å². The molecule has 0 unspecified atom stereocenters. The number of rotatable bonds is 10. The summed E-state index contributed by atoms with van der Waals surface area (Å²) in [5, 5.41) is 14.6. The highest BCUT2D eigenvalue weighted by Gasteiger charge is 2.26. The normalized spacial score (nSPS) is 12.3. The summed E-state index contributed by atoms with van der Waals surface area (Å²) in [7, 11) is 0. The van der Waals surface area contributed by atoms with Crippen molar-refractivity contribution >= 4 is 23.6 Å². The maximum absolute atomic E-state index is 13.2. The van der Waals surface area contributed by atoms with Gasteiger partial charge in [-0.2, -0.15) is 0 Å². The van der Waals surface area contributed by atoms with Crippen LogP contribution in [0.25, 0.3) is 0 Å². The van der Waals surface area contributed by atoms with E-state index in [1.807, 2.05) is 6.07 Å². The van der Waals surface area contributed by atoms with Gasteiger partial charge in [0.25, 0.3) is 0 Å². The molecule has 0 aliphatic rings. The van der Waals surface area contributed by atoms with Crippen molar-refractivity contribution in [2.24, 2.45) is 0 Å². The summed E-state index contributed by atoms with van der Waals surface area (Å²) >= 11 is 0. The Morgan fingerprint density at radius 3 is 1.80 bits per heavy atom. The molecule has 0 bridgehead atoms. The minimum atomic E-state index is -1.26. The molecule has 3 N–H and O–H groups in total. The van der Waals surface area contributed by atoms with Gasteiger partial charge in [-0.25, -0.2) is 9.18 Å². The van der Waals surface area contributed by atoms with Crippen LogP contribution in [0.3, 0.4) is 0 Å². The maximum Gasteiger partial charge on any atom is 0.326 e. The number of ketones is 1. The van der Waals surface area contributed by atoms with Gasteiger partial charge < -0.3 is 15.7 Å². The molecule has 7 nitrogen and oxygen atoms in total. The molecule has 180 valence electrons. The SMILES string of the molecule is CC(=O)N[C@@H](Cc1ccc(F)cc1)C(=O)N[C@@H](Cc1ccc(C(=O)c2ccccc2)cc1)C(=O)O. The maximum atomic E-state index is 13.2. The van der Waals surface area contributed by atoms with E-state index in [4.69, 9.17) is 0 Å². The van der Waals surface area contributed by atoms with Crippen LogP contribution in [0.4, 0.5) is 4.39 Å². The van der Waals surface area contributed by atoms with Crippen molar-refractivity contribution in [2.75, 3.05) is 0 Å². The van der Waals surface area contributed by atoms with E-state index in [1.54, 1.807) is 48.5 Å². The summed E-state index contributed by atoms with van der Waals surface area (Å²) in [5.41, 5.74) is 2.21. The fourth-order valence-corrected chi connectivity index (χ4v) is 3.57. The van der Waals surface area contributed by atoms with E-state index in [1.165, 1.54) is 31.2 Å². The summed E-state index contributed by atoms with van der Waals surface area (Å²) in [5.74, 6) is -2.97. The van der Waals surface area contributed by atoms with E-state index < -0.39 is 35.7 Å². The zero-order valence-corrected chi connectivity index (χ0v) is 19.0. The number of hydrogen-bond acceptors (Lipinski definition) is 4. The zero-order chi connectivity index (χ0) is 25.4. The third kappa shape index (κ3) is 7.33. The van der Waals surface area contributed by atoms with Crippen LogP contribution >= 0.6 is 0 Å². The quantitative estimate of drug-likeness (QED) is 0.390. The number of benzene rings is 3. The van der Waals surface area contributed by atoms with Crippen LogP contribution < -0.4 is 10.6 Å². The Bertz CT molecular complexity index is 1190. The van der Waals surface area contributed by atoms with Gasteiger partial charge in [0, 0.05) is 30.9 Å². The van der Waals surface area contributed by atoms with Crippen LogP contribution in [-0.2, 0) is 27.2 Å². The number of amides is 2. The second-order valence-corrected chi connectivity index (χ2v) is 8.08. The first-order valence-corrected chi connectivity index (χ1v) is 11.0. The molecule has 0 aliphatic carbocycles. The van der Waals surface area contributed by atoms with E-state index in [0.717, 1.165) is 0 Å². The number of nitrogens with one attached hydrogen (secondary N) is 2. The van der Waals surface area contributed by atoms with Crippen molar-refractivity contribution in [3.8, 4) is 0 Å². The van der Waals surface area contributed by atoms with Crippen LogP contribution in [0.1, 0.15) is 34.0 Å². The topological polar surface area (TPSA) is 113 Å². The minimum absolute atomic E-state index is 0.0236. The van der Waals surface area contributed by atoms with Crippen molar-refractivity contribution in [3.63, 3.8) is 0 Å². The van der Waals surface area contributed by atoms with Crippen LogP contribution in [0.5, 0.6) is 0 Å². The molecule has 0 aliphatic heterocycles. The minimum Gasteiger partial charge on any atom is -0.480 e. The lowest BCUT2D eigenvalue weighted by molar-refractivity contribution is -0.142. The predicted octanol–water partition coefficient (Wildman–Crippen LogP) is 2.92. The van der Waals surface area contributed by atoms with E-state index in [2.05, 4.69) is 10.6 Å². The Kier molecular flexibility index (Phi) is 8.45. The van der Waals surface area contributed by atoms with Gasteiger partial charge >= 0.3 is 5.97 Å². The Morgan fingerprint density at radius 1 is 0.743 bits per heavy atom. The average molecular weight is 477 g/mol. The lowest BCUT2D eigenvalue weighted by Crippen LogP contribution is -2.52. The van der Waals surface area contributed by atoms with Gasteiger partial charge in [0.1, 0.15) is 17.9 Å². The van der Waals surface area contributed by atoms with Gasteiger partial charge in [-0.05, 0) is 23.3 Å². The first-order chi connectivity index (χ1) is 16.7. The van der Waals surface area contributed by atoms with Gasteiger partial charge in [-0.15, -0.1) is 0 Å². The number of aliphatic carboxylic acids is 1. The van der Waals surface area contributed by atoms with Gasteiger partial charge in [-0.1, -0.05) is 66.7 Å². The molecule has 0 radical (unpaired) electrons. The Balaban J connectivity index is 1.69. The van der Waals surface area contributed by atoms with E-state index in [9.17, 15) is 28.7 Å². The number of hydrogen-bond donors (Lipinski definition) is 3. The molecule has 0 saturated carbocycles. The highest BCUT2D eigenvalue weighted by molar-refractivity contribution is 6.08. The molecule has 8 heteroatoms. The summed E-state index contributed by atoms with van der Waals surface area (Å²) in [6, 6.07) is 18.4. The first-order valence-electron chi connectivity index (χ1n) is 11.0. The standard InChI is InChI=1S/C27H25FN2O5/c1-17(31)29-23(15-19-9-13-22(28)14-10-19)26(33)30-24(27(34)35)16-18-7-11-21(12-8-18)25(32)20-5-3-2-4-6-20/h2-14,23-24H,15-16H2,1H3,(H,29,31)(H,30,33)(H,34,35)/t23-,24-/m0/s1. The van der Waals surface area contributed by atoms with Crippen molar-refractivity contribution in [1.29, 1.82) is 0 Å². The van der Waals surface area contributed by atoms with Crippen molar-refractivity contribution in [3.05, 3.63) is 107 Å². The molecule has 0 aromatic heterocycles. The summed E-state index contributed by atoms with van der Waals surface area (Å²) < 4.78 is 13.2. The van der Waals surface area contributed by atoms with Crippen LogP contribution in [0.2, 0.25) is 0 Å².